The largest absolute Gasteiger partial charge is 0.481 e. The molecule has 2 aliphatic carbocycles. The number of hydrogen-bond donors (Lipinski definition) is 1. The predicted molar refractivity (Wildman–Crippen MR) is 61.3 cm³/mol. The molecule has 0 saturated heterocycles. The summed E-state index contributed by atoms with van der Waals surface area (Å²) in [5, 5.41) is 9.58. The minimum atomic E-state index is -0.624. The van der Waals surface area contributed by atoms with Crippen LogP contribution in [0.15, 0.2) is 30.3 Å². The Morgan fingerprint density at radius 2 is 1.75 bits per heavy atom. The third-order valence-corrected chi connectivity index (χ3v) is 4.58. The molecule has 2 aliphatic rings. The van der Waals surface area contributed by atoms with E-state index >= 15 is 0 Å². The molecule has 0 bridgehead atoms. The molecule has 2 saturated carbocycles. The minimum Gasteiger partial charge on any atom is -0.481 e. The highest BCUT2D eigenvalue weighted by Gasteiger charge is 2.72. The quantitative estimate of drug-likeness (QED) is 0.825. The van der Waals surface area contributed by atoms with Gasteiger partial charge in [0.25, 0.3) is 0 Å². The normalized spacial score (nSPS) is 30.5. The predicted octanol–water partition coefficient (Wildman–Crippen LogP) is 2.97. The molecule has 84 valence electrons. The lowest BCUT2D eigenvalue weighted by molar-refractivity contribution is -0.141. The molecule has 1 aromatic rings. The topological polar surface area (TPSA) is 37.3 Å². The number of carbonyl (C=O) groups is 1. The van der Waals surface area contributed by atoms with Crippen LogP contribution in [0.3, 0.4) is 0 Å². The minimum absolute atomic E-state index is 0.0835. The molecule has 1 spiro atoms. The van der Waals surface area contributed by atoms with E-state index in [4.69, 9.17) is 0 Å². The SMILES string of the molecule is O=C(O)[C@@]1(c2ccccc2)CC12CCCC2. The van der Waals surface area contributed by atoms with Crippen molar-refractivity contribution in [3.63, 3.8) is 0 Å². The number of rotatable bonds is 2. The average Bonchev–Trinajstić information content (AvgIpc) is 2.70. The summed E-state index contributed by atoms with van der Waals surface area (Å²) >= 11 is 0. The van der Waals surface area contributed by atoms with Gasteiger partial charge in [-0.3, -0.25) is 4.79 Å². The van der Waals surface area contributed by atoms with Gasteiger partial charge in [-0.2, -0.15) is 0 Å². The Kier molecular flexibility index (Phi) is 1.91. The van der Waals surface area contributed by atoms with E-state index in [-0.39, 0.29) is 5.41 Å². The Morgan fingerprint density at radius 1 is 1.12 bits per heavy atom. The summed E-state index contributed by atoms with van der Waals surface area (Å²) in [7, 11) is 0. The summed E-state index contributed by atoms with van der Waals surface area (Å²) in [5.41, 5.74) is 0.523. The zero-order valence-electron chi connectivity index (χ0n) is 9.28. The van der Waals surface area contributed by atoms with Crippen LogP contribution < -0.4 is 0 Å². The maximum atomic E-state index is 11.6. The number of benzene rings is 1. The van der Waals surface area contributed by atoms with Crippen molar-refractivity contribution in [1.29, 1.82) is 0 Å². The second-order valence-electron chi connectivity index (χ2n) is 5.24. The first-order chi connectivity index (χ1) is 7.71. The maximum Gasteiger partial charge on any atom is 0.314 e. The Hall–Kier alpha value is -1.31. The van der Waals surface area contributed by atoms with E-state index in [0.717, 1.165) is 24.8 Å². The van der Waals surface area contributed by atoms with Gasteiger partial charge in [-0.05, 0) is 30.2 Å². The summed E-state index contributed by atoms with van der Waals surface area (Å²) < 4.78 is 0. The third-order valence-electron chi connectivity index (χ3n) is 4.58. The van der Waals surface area contributed by atoms with Crippen molar-refractivity contribution in [2.24, 2.45) is 5.41 Å². The molecule has 1 aromatic carbocycles. The molecule has 2 fully saturated rings. The Morgan fingerprint density at radius 3 is 2.31 bits per heavy atom. The van der Waals surface area contributed by atoms with Crippen LogP contribution in [0.25, 0.3) is 0 Å². The van der Waals surface area contributed by atoms with Crippen molar-refractivity contribution < 1.29 is 9.90 Å². The second-order valence-corrected chi connectivity index (χ2v) is 5.24. The summed E-state index contributed by atoms with van der Waals surface area (Å²) in [6, 6.07) is 9.78. The van der Waals surface area contributed by atoms with Crippen LogP contribution in [0.4, 0.5) is 0 Å². The number of hydrogen-bond acceptors (Lipinski definition) is 1. The number of carboxylic acid groups (broad SMARTS) is 1. The van der Waals surface area contributed by atoms with Gasteiger partial charge in [-0.25, -0.2) is 0 Å². The molecule has 0 aromatic heterocycles. The Balaban J connectivity index is 2.04. The molecule has 0 unspecified atom stereocenters. The summed E-state index contributed by atoms with van der Waals surface area (Å²) in [4.78, 5) is 11.6. The zero-order chi connectivity index (χ0) is 11.2. The first-order valence-electron chi connectivity index (χ1n) is 6.00. The van der Waals surface area contributed by atoms with Crippen LogP contribution in [0, 0.1) is 5.41 Å². The molecule has 0 radical (unpaired) electrons. The lowest BCUT2D eigenvalue weighted by Crippen LogP contribution is -2.26. The summed E-state index contributed by atoms with van der Waals surface area (Å²) in [6.07, 6.45) is 5.42. The maximum absolute atomic E-state index is 11.6. The molecule has 0 aliphatic heterocycles. The van der Waals surface area contributed by atoms with Crippen molar-refractivity contribution in [3.05, 3.63) is 35.9 Å². The molecule has 1 N–H and O–H groups in total. The molecule has 1 atom stereocenters. The molecule has 2 heteroatoms. The zero-order valence-corrected chi connectivity index (χ0v) is 9.28. The van der Waals surface area contributed by atoms with Crippen molar-refractivity contribution in [2.75, 3.05) is 0 Å². The van der Waals surface area contributed by atoms with Crippen LogP contribution in [0.1, 0.15) is 37.7 Å². The molecule has 0 heterocycles. The molecular formula is C14H16O2. The van der Waals surface area contributed by atoms with Crippen LogP contribution in [0.5, 0.6) is 0 Å². The number of aliphatic carboxylic acids is 1. The van der Waals surface area contributed by atoms with Gasteiger partial charge in [0.15, 0.2) is 0 Å². The summed E-state index contributed by atoms with van der Waals surface area (Å²) in [5.74, 6) is -0.624. The van der Waals surface area contributed by atoms with Crippen LogP contribution >= 0.6 is 0 Å². The van der Waals surface area contributed by atoms with Crippen molar-refractivity contribution in [1.82, 2.24) is 0 Å². The van der Waals surface area contributed by atoms with Gasteiger partial charge >= 0.3 is 5.97 Å². The first-order valence-corrected chi connectivity index (χ1v) is 6.00. The molecule has 16 heavy (non-hydrogen) atoms. The standard InChI is InChI=1S/C14H16O2/c15-12(16)14(11-6-2-1-3-7-11)10-13(14)8-4-5-9-13/h1-3,6-7H,4-5,8-10H2,(H,15,16)/t14-/m0/s1. The van der Waals surface area contributed by atoms with Crippen molar-refractivity contribution >= 4 is 5.97 Å². The highest BCUT2D eigenvalue weighted by molar-refractivity contribution is 5.87. The van der Waals surface area contributed by atoms with E-state index < -0.39 is 11.4 Å². The molecule has 3 rings (SSSR count). The summed E-state index contributed by atoms with van der Waals surface area (Å²) in [6.45, 7) is 0. The van der Waals surface area contributed by atoms with Gasteiger partial charge in [0, 0.05) is 0 Å². The van der Waals surface area contributed by atoms with Gasteiger partial charge in [-0.15, -0.1) is 0 Å². The monoisotopic (exact) mass is 216 g/mol. The fourth-order valence-electron chi connectivity index (χ4n) is 3.68. The highest BCUT2D eigenvalue weighted by atomic mass is 16.4. The van der Waals surface area contributed by atoms with Gasteiger partial charge in [0.05, 0.1) is 5.41 Å². The van der Waals surface area contributed by atoms with Gasteiger partial charge in [0.2, 0.25) is 0 Å². The van der Waals surface area contributed by atoms with Crippen LogP contribution in [-0.4, -0.2) is 11.1 Å². The van der Waals surface area contributed by atoms with Gasteiger partial charge < -0.3 is 5.11 Å². The molecule has 0 amide bonds. The van der Waals surface area contributed by atoms with Gasteiger partial charge in [0.1, 0.15) is 0 Å². The van der Waals surface area contributed by atoms with E-state index in [1.165, 1.54) is 12.8 Å². The van der Waals surface area contributed by atoms with Crippen LogP contribution in [0.2, 0.25) is 0 Å². The molecular weight excluding hydrogens is 200 g/mol. The van der Waals surface area contributed by atoms with E-state index in [1.807, 2.05) is 30.3 Å². The van der Waals surface area contributed by atoms with E-state index in [2.05, 4.69) is 0 Å². The smallest absolute Gasteiger partial charge is 0.314 e. The highest BCUT2D eigenvalue weighted by Crippen LogP contribution is 2.72. The van der Waals surface area contributed by atoms with Gasteiger partial charge in [-0.1, -0.05) is 43.2 Å². The lowest BCUT2D eigenvalue weighted by atomic mass is 9.85. The Bertz CT molecular complexity index is 418. The fraction of sp³-hybridized carbons (Fsp3) is 0.500. The van der Waals surface area contributed by atoms with E-state index in [1.54, 1.807) is 0 Å². The second kappa shape index (κ2) is 3.09. The van der Waals surface area contributed by atoms with E-state index in [0.29, 0.717) is 0 Å². The Labute approximate surface area is 95.3 Å². The van der Waals surface area contributed by atoms with Crippen LogP contribution in [-0.2, 0) is 10.2 Å². The first kappa shape index (κ1) is 9.88. The van der Waals surface area contributed by atoms with Crippen molar-refractivity contribution in [3.8, 4) is 0 Å². The molecule has 2 nitrogen and oxygen atoms in total. The third kappa shape index (κ3) is 1.05. The van der Waals surface area contributed by atoms with E-state index in [9.17, 15) is 9.90 Å². The number of carboxylic acids is 1. The van der Waals surface area contributed by atoms with Crippen molar-refractivity contribution in [2.45, 2.75) is 37.5 Å². The average molecular weight is 216 g/mol. The lowest BCUT2D eigenvalue weighted by Gasteiger charge is -2.18. The fourth-order valence-corrected chi connectivity index (χ4v) is 3.68.